The maximum absolute atomic E-state index is 11.3. The van der Waals surface area contributed by atoms with Crippen LogP contribution in [0.25, 0.3) is 0 Å². The van der Waals surface area contributed by atoms with E-state index in [4.69, 9.17) is 0 Å². The van der Waals surface area contributed by atoms with E-state index in [9.17, 15) is 14.4 Å². The normalized spacial score (nSPS) is 31.4. The topological polar surface area (TPSA) is 63.7 Å². The monoisotopic (exact) mass is 197 g/mol. The van der Waals surface area contributed by atoms with Crippen LogP contribution in [-0.2, 0) is 19.1 Å². The molecule has 0 bridgehead atoms. The molecule has 2 aliphatic heterocycles. The first kappa shape index (κ1) is 9.18. The zero-order chi connectivity index (χ0) is 10.3. The first-order valence-electron chi connectivity index (χ1n) is 4.64. The van der Waals surface area contributed by atoms with E-state index in [1.54, 1.807) is 0 Å². The average Bonchev–Trinajstić information content (AvgIpc) is 2.43. The smallest absolute Gasteiger partial charge is 0.337 e. The molecular weight excluding hydrogens is 186 g/mol. The van der Waals surface area contributed by atoms with Crippen molar-refractivity contribution in [2.45, 2.75) is 25.8 Å². The molecule has 1 amide bonds. The van der Waals surface area contributed by atoms with Crippen molar-refractivity contribution >= 4 is 17.8 Å². The Morgan fingerprint density at radius 3 is 2.79 bits per heavy atom. The SMILES string of the molecule is CC(=O)N1CCC[C@H]2C(=O)OC(=O)[C@H]21. The highest BCUT2D eigenvalue weighted by Crippen LogP contribution is 2.30. The van der Waals surface area contributed by atoms with Gasteiger partial charge in [0, 0.05) is 13.5 Å². The van der Waals surface area contributed by atoms with Crippen LogP contribution in [0.5, 0.6) is 0 Å². The summed E-state index contributed by atoms with van der Waals surface area (Å²) in [4.78, 5) is 35.1. The zero-order valence-electron chi connectivity index (χ0n) is 7.86. The third-order valence-corrected chi connectivity index (χ3v) is 2.78. The number of rotatable bonds is 0. The molecule has 76 valence electrons. The summed E-state index contributed by atoms with van der Waals surface area (Å²) in [7, 11) is 0. The highest BCUT2D eigenvalue weighted by atomic mass is 16.6. The van der Waals surface area contributed by atoms with Crippen LogP contribution in [0.15, 0.2) is 0 Å². The summed E-state index contributed by atoms with van der Waals surface area (Å²) in [6.07, 6.45) is 1.39. The first-order valence-corrected chi connectivity index (χ1v) is 4.64. The van der Waals surface area contributed by atoms with Crippen LogP contribution < -0.4 is 0 Å². The number of cyclic esters (lactones) is 2. The van der Waals surface area contributed by atoms with Crippen LogP contribution in [0.3, 0.4) is 0 Å². The van der Waals surface area contributed by atoms with Crippen LogP contribution in [0.2, 0.25) is 0 Å². The number of hydrogen-bond acceptors (Lipinski definition) is 4. The quantitative estimate of drug-likeness (QED) is 0.395. The van der Waals surface area contributed by atoms with Crippen molar-refractivity contribution in [2.75, 3.05) is 6.54 Å². The van der Waals surface area contributed by atoms with Gasteiger partial charge in [-0.1, -0.05) is 0 Å². The lowest BCUT2D eigenvalue weighted by Crippen LogP contribution is -2.49. The fourth-order valence-corrected chi connectivity index (χ4v) is 2.12. The number of carbonyl (C=O) groups excluding carboxylic acids is 3. The van der Waals surface area contributed by atoms with Crippen molar-refractivity contribution in [3.8, 4) is 0 Å². The number of piperidine rings is 1. The molecule has 0 saturated carbocycles. The van der Waals surface area contributed by atoms with Crippen LogP contribution in [0.4, 0.5) is 0 Å². The molecule has 5 heteroatoms. The summed E-state index contributed by atoms with van der Waals surface area (Å²) in [5.41, 5.74) is 0. The molecule has 0 unspecified atom stereocenters. The third kappa shape index (κ3) is 1.20. The Morgan fingerprint density at radius 1 is 1.43 bits per heavy atom. The van der Waals surface area contributed by atoms with Gasteiger partial charge in [-0.3, -0.25) is 9.59 Å². The standard InChI is InChI=1S/C9H11NO4/c1-5(11)10-4-2-3-6-7(10)9(13)14-8(6)12/h6-7H,2-4H2,1H3/t6-,7+/m1/s1. The fourth-order valence-electron chi connectivity index (χ4n) is 2.12. The van der Waals surface area contributed by atoms with Crippen molar-refractivity contribution in [1.29, 1.82) is 0 Å². The number of carbonyl (C=O) groups is 3. The lowest BCUT2D eigenvalue weighted by molar-refractivity contribution is -0.155. The Hall–Kier alpha value is -1.39. The minimum atomic E-state index is -0.659. The Bertz CT molecular complexity index is 312. The number of amides is 1. The van der Waals surface area contributed by atoms with Crippen molar-refractivity contribution in [1.82, 2.24) is 4.90 Å². The third-order valence-electron chi connectivity index (χ3n) is 2.78. The molecule has 2 atom stereocenters. The van der Waals surface area contributed by atoms with Gasteiger partial charge in [0.2, 0.25) is 5.91 Å². The summed E-state index contributed by atoms with van der Waals surface area (Å²) in [5, 5.41) is 0. The molecule has 0 spiro atoms. The number of esters is 2. The Morgan fingerprint density at radius 2 is 2.14 bits per heavy atom. The van der Waals surface area contributed by atoms with Gasteiger partial charge in [-0.2, -0.15) is 0 Å². The average molecular weight is 197 g/mol. The molecule has 14 heavy (non-hydrogen) atoms. The van der Waals surface area contributed by atoms with E-state index >= 15 is 0 Å². The van der Waals surface area contributed by atoms with Crippen molar-refractivity contribution in [2.24, 2.45) is 5.92 Å². The molecule has 2 heterocycles. The predicted octanol–water partition coefficient (Wildman–Crippen LogP) is -0.303. The fraction of sp³-hybridized carbons (Fsp3) is 0.667. The Balaban J connectivity index is 2.27. The van der Waals surface area contributed by atoms with E-state index in [0.29, 0.717) is 13.0 Å². The van der Waals surface area contributed by atoms with E-state index in [2.05, 4.69) is 4.74 Å². The number of hydrogen-bond donors (Lipinski definition) is 0. The van der Waals surface area contributed by atoms with Gasteiger partial charge in [0.05, 0.1) is 5.92 Å². The molecular formula is C9H11NO4. The molecule has 5 nitrogen and oxygen atoms in total. The molecule has 0 N–H and O–H groups in total. The number of likely N-dealkylation sites (tertiary alicyclic amines) is 1. The second-order valence-corrected chi connectivity index (χ2v) is 3.65. The maximum Gasteiger partial charge on any atom is 0.337 e. The Kier molecular flexibility index (Phi) is 2.02. The summed E-state index contributed by atoms with van der Waals surface area (Å²) < 4.78 is 4.52. The highest BCUT2D eigenvalue weighted by Gasteiger charge is 2.50. The predicted molar refractivity (Wildman–Crippen MR) is 45.0 cm³/mol. The van der Waals surface area contributed by atoms with Crippen molar-refractivity contribution < 1.29 is 19.1 Å². The molecule has 0 radical (unpaired) electrons. The summed E-state index contributed by atoms with van der Waals surface area (Å²) in [5.74, 6) is -1.66. The van der Waals surface area contributed by atoms with Crippen molar-refractivity contribution in [3.05, 3.63) is 0 Å². The molecule has 0 aromatic rings. The number of ether oxygens (including phenoxy) is 1. The van der Waals surface area contributed by atoms with Crippen molar-refractivity contribution in [3.63, 3.8) is 0 Å². The van der Waals surface area contributed by atoms with Gasteiger partial charge in [-0.05, 0) is 12.8 Å². The van der Waals surface area contributed by atoms with E-state index < -0.39 is 23.9 Å². The lowest BCUT2D eigenvalue weighted by atomic mass is 9.91. The van der Waals surface area contributed by atoms with Crippen LogP contribution in [-0.4, -0.2) is 35.3 Å². The molecule has 0 aliphatic carbocycles. The van der Waals surface area contributed by atoms with Gasteiger partial charge < -0.3 is 9.64 Å². The summed E-state index contributed by atoms with van der Waals surface area (Å²) >= 11 is 0. The van der Waals surface area contributed by atoms with Gasteiger partial charge in [-0.25, -0.2) is 4.79 Å². The van der Waals surface area contributed by atoms with Gasteiger partial charge in [0.25, 0.3) is 0 Å². The van der Waals surface area contributed by atoms with E-state index in [-0.39, 0.29) is 5.91 Å². The van der Waals surface area contributed by atoms with E-state index in [1.807, 2.05) is 0 Å². The minimum Gasteiger partial charge on any atom is -0.391 e. The largest absolute Gasteiger partial charge is 0.391 e. The molecule has 0 aromatic heterocycles. The van der Waals surface area contributed by atoms with Crippen LogP contribution in [0.1, 0.15) is 19.8 Å². The van der Waals surface area contributed by atoms with Gasteiger partial charge in [0.1, 0.15) is 6.04 Å². The Labute approximate surface area is 81.0 Å². The second kappa shape index (κ2) is 3.08. The molecule has 2 fully saturated rings. The minimum absolute atomic E-state index is 0.175. The highest BCUT2D eigenvalue weighted by molar-refractivity contribution is 6.00. The molecule has 2 saturated heterocycles. The van der Waals surface area contributed by atoms with Crippen LogP contribution >= 0.6 is 0 Å². The zero-order valence-corrected chi connectivity index (χ0v) is 7.86. The number of fused-ring (bicyclic) bond motifs is 1. The van der Waals surface area contributed by atoms with E-state index in [1.165, 1.54) is 11.8 Å². The van der Waals surface area contributed by atoms with E-state index in [0.717, 1.165) is 6.42 Å². The molecule has 0 aromatic carbocycles. The summed E-state index contributed by atoms with van der Waals surface area (Å²) in [6, 6.07) is -0.659. The van der Waals surface area contributed by atoms with Crippen LogP contribution in [0, 0.1) is 5.92 Å². The summed E-state index contributed by atoms with van der Waals surface area (Å²) in [6.45, 7) is 1.94. The first-order chi connectivity index (χ1) is 6.61. The van der Waals surface area contributed by atoms with Gasteiger partial charge in [-0.15, -0.1) is 0 Å². The van der Waals surface area contributed by atoms with Gasteiger partial charge in [0.15, 0.2) is 0 Å². The second-order valence-electron chi connectivity index (χ2n) is 3.65. The number of nitrogens with zero attached hydrogens (tertiary/aromatic N) is 1. The van der Waals surface area contributed by atoms with Gasteiger partial charge >= 0.3 is 11.9 Å². The lowest BCUT2D eigenvalue weighted by Gasteiger charge is -2.32. The molecule has 2 aliphatic rings. The molecule has 2 rings (SSSR count). The maximum atomic E-state index is 11.3.